The highest BCUT2D eigenvalue weighted by Gasteiger charge is 2.42. The molecule has 0 bridgehead atoms. The number of rotatable bonds is 30. The van der Waals surface area contributed by atoms with Crippen molar-refractivity contribution < 1.29 is 48.5 Å². The summed E-state index contributed by atoms with van der Waals surface area (Å²) >= 11 is 0. The first-order valence-electron chi connectivity index (χ1n) is 16.4. The van der Waals surface area contributed by atoms with Crippen molar-refractivity contribution in [1.29, 1.82) is 0 Å². The standard InChI is InChI=1S/C32H60O10/c1-2-3-4-5-6-7-8-9-10-11-12-13-14-15-16-17-30(36)40-25-24-37-27-29(39-22-19-34)32-28(38-21-18-33)26-31(42-32)41-23-20-35/h9-10,28-29,31-35H,2-8,11-27H2,1H3/b10-9+/t28-,29-,31-,32+/m0/s1. The Morgan fingerprint density at radius 2 is 1.40 bits per heavy atom. The third-order valence-electron chi connectivity index (χ3n) is 7.12. The normalized spacial score (nSPS) is 19.6. The number of allylic oxidation sites excluding steroid dienone is 2. The maximum atomic E-state index is 12.1. The van der Waals surface area contributed by atoms with E-state index >= 15 is 0 Å². The van der Waals surface area contributed by atoms with E-state index in [2.05, 4.69) is 19.1 Å². The van der Waals surface area contributed by atoms with Crippen LogP contribution in [0.25, 0.3) is 0 Å². The minimum atomic E-state index is -0.580. The highest BCUT2D eigenvalue weighted by atomic mass is 16.7. The lowest BCUT2D eigenvalue weighted by molar-refractivity contribution is -0.183. The number of carbonyl (C=O) groups is 1. The lowest BCUT2D eigenvalue weighted by Crippen LogP contribution is -2.42. The molecule has 1 saturated heterocycles. The molecular weight excluding hydrogens is 544 g/mol. The molecule has 0 saturated carbocycles. The first-order valence-corrected chi connectivity index (χ1v) is 16.4. The summed E-state index contributed by atoms with van der Waals surface area (Å²) in [5.74, 6) is -0.218. The Hall–Kier alpha value is -1.11. The van der Waals surface area contributed by atoms with Crippen LogP contribution in [0.15, 0.2) is 12.2 Å². The monoisotopic (exact) mass is 604 g/mol. The van der Waals surface area contributed by atoms with Crippen molar-refractivity contribution in [3.05, 3.63) is 12.2 Å². The molecule has 4 atom stereocenters. The largest absolute Gasteiger partial charge is 0.463 e. The van der Waals surface area contributed by atoms with Crippen LogP contribution in [-0.2, 0) is 33.2 Å². The maximum absolute atomic E-state index is 12.1. The number of ether oxygens (including phenoxy) is 6. The minimum Gasteiger partial charge on any atom is -0.463 e. The number of aliphatic hydroxyl groups excluding tert-OH is 3. The number of unbranched alkanes of at least 4 members (excludes halogenated alkanes) is 11. The Bertz CT molecular complexity index is 632. The van der Waals surface area contributed by atoms with E-state index in [9.17, 15) is 9.90 Å². The summed E-state index contributed by atoms with van der Waals surface area (Å²) in [5, 5.41) is 27.4. The van der Waals surface area contributed by atoms with Crippen LogP contribution in [0.1, 0.15) is 103 Å². The molecule has 0 aromatic heterocycles. The molecule has 0 aromatic rings. The number of aliphatic hydroxyl groups is 3. The predicted octanol–water partition coefficient (Wildman–Crippen LogP) is 4.46. The first kappa shape index (κ1) is 38.9. The number of hydrogen-bond donors (Lipinski definition) is 3. The zero-order valence-electron chi connectivity index (χ0n) is 26.1. The quantitative estimate of drug-likeness (QED) is 0.0613. The molecule has 248 valence electrons. The lowest BCUT2D eigenvalue weighted by Gasteiger charge is -2.27. The molecule has 3 N–H and O–H groups in total. The highest BCUT2D eigenvalue weighted by molar-refractivity contribution is 5.69. The minimum absolute atomic E-state index is 0.0910. The van der Waals surface area contributed by atoms with E-state index in [1.54, 1.807) is 0 Å². The van der Waals surface area contributed by atoms with Crippen LogP contribution in [0.2, 0.25) is 0 Å². The van der Waals surface area contributed by atoms with Crippen LogP contribution < -0.4 is 0 Å². The molecular formula is C32H60O10. The second-order valence-electron chi connectivity index (χ2n) is 10.8. The van der Waals surface area contributed by atoms with E-state index in [1.165, 1.54) is 57.8 Å². The fraction of sp³-hybridized carbons (Fsp3) is 0.906. The molecule has 1 fully saturated rings. The predicted molar refractivity (Wildman–Crippen MR) is 161 cm³/mol. The molecule has 0 amide bonds. The zero-order chi connectivity index (χ0) is 30.5. The van der Waals surface area contributed by atoms with Crippen molar-refractivity contribution in [3.63, 3.8) is 0 Å². The summed E-state index contributed by atoms with van der Waals surface area (Å²) in [7, 11) is 0. The molecule has 0 aliphatic carbocycles. The van der Waals surface area contributed by atoms with Crippen molar-refractivity contribution in [2.45, 2.75) is 128 Å². The van der Waals surface area contributed by atoms with E-state index in [1.807, 2.05) is 0 Å². The number of esters is 1. The maximum Gasteiger partial charge on any atom is 0.305 e. The van der Waals surface area contributed by atoms with E-state index in [4.69, 9.17) is 38.6 Å². The van der Waals surface area contributed by atoms with E-state index < -0.39 is 24.6 Å². The summed E-state index contributed by atoms with van der Waals surface area (Å²) in [6.07, 6.45) is 19.2. The molecule has 10 heteroatoms. The number of hydrogen-bond acceptors (Lipinski definition) is 10. The van der Waals surface area contributed by atoms with Gasteiger partial charge < -0.3 is 43.7 Å². The van der Waals surface area contributed by atoms with Gasteiger partial charge in [-0.15, -0.1) is 0 Å². The van der Waals surface area contributed by atoms with Crippen LogP contribution in [-0.4, -0.2) is 105 Å². The van der Waals surface area contributed by atoms with Crippen LogP contribution in [0, 0.1) is 0 Å². The first-order chi connectivity index (χ1) is 20.7. The van der Waals surface area contributed by atoms with E-state index in [0.29, 0.717) is 12.8 Å². The van der Waals surface area contributed by atoms with Gasteiger partial charge in [0.05, 0.1) is 59.0 Å². The average Bonchev–Trinajstić information content (AvgIpc) is 3.40. The second kappa shape index (κ2) is 28.6. The number of carbonyl (C=O) groups excluding carboxylic acids is 1. The lowest BCUT2D eigenvalue weighted by atomic mass is 10.1. The molecule has 0 aromatic carbocycles. The van der Waals surface area contributed by atoms with Crippen molar-refractivity contribution in [3.8, 4) is 0 Å². The van der Waals surface area contributed by atoms with Gasteiger partial charge in [-0.1, -0.05) is 70.4 Å². The van der Waals surface area contributed by atoms with Gasteiger partial charge >= 0.3 is 5.97 Å². The summed E-state index contributed by atoms with van der Waals surface area (Å²) in [4.78, 5) is 12.1. The zero-order valence-corrected chi connectivity index (χ0v) is 26.1. The highest BCUT2D eigenvalue weighted by Crippen LogP contribution is 2.28. The third-order valence-corrected chi connectivity index (χ3v) is 7.12. The van der Waals surface area contributed by atoms with Crippen LogP contribution >= 0.6 is 0 Å². The SMILES string of the molecule is CCCCCCCC/C=C/CCCCCCCC(=O)OCCOC[C@H](OCCO)[C@@H]1O[C@H](OCCO)C[C@@H]1OCCO. The smallest absolute Gasteiger partial charge is 0.305 e. The summed E-state index contributed by atoms with van der Waals surface area (Å²) < 4.78 is 33.9. The van der Waals surface area contributed by atoms with Gasteiger partial charge in [0.1, 0.15) is 18.8 Å². The van der Waals surface area contributed by atoms with E-state index in [0.717, 1.165) is 25.7 Å². The topological polar surface area (TPSA) is 133 Å². The molecule has 0 radical (unpaired) electrons. The van der Waals surface area contributed by atoms with Gasteiger partial charge in [-0.05, 0) is 32.1 Å². The Labute approximate surface area is 254 Å². The molecule has 1 aliphatic heterocycles. The molecule has 0 unspecified atom stereocenters. The van der Waals surface area contributed by atoms with Crippen LogP contribution in [0.5, 0.6) is 0 Å². The van der Waals surface area contributed by atoms with Crippen molar-refractivity contribution in [1.82, 2.24) is 0 Å². The third kappa shape index (κ3) is 20.7. The summed E-state index contributed by atoms with van der Waals surface area (Å²) in [6, 6.07) is 0. The Morgan fingerprint density at radius 1 is 0.786 bits per heavy atom. The summed E-state index contributed by atoms with van der Waals surface area (Å²) in [5.41, 5.74) is 0. The van der Waals surface area contributed by atoms with Gasteiger partial charge in [0.2, 0.25) is 0 Å². The van der Waals surface area contributed by atoms with Gasteiger partial charge in [0.15, 0.2) is 6.29 Å². The van der Waals surface area contributed by atoms with Gasteiger partial charge in [0, 0.05) is 12.8 Å². The van der Waals surface area contributed by atoms with Crippen molar-refractivity contribution in [2.75, 3.05) is 59.5 Å². The molecule has 42 heavy (non-hydrogen) atoms. The van der Waals surface area contributed by atoms with E-state index in [-0.39, 0.29) is 65.4 Å². The van der Waals surface area contributed by atoms with Gasteiger partial charge in [-0.25, -0.2) is 0 Å². The molecule has 10 nitrogen and oxygen atoms in total. The van der Waals surface area contributed by atoms with Gasteiger partial charge in [-0.2, -0.15) is 0 Å². The Morgan fingerprint density at radius 3 is 2.07 bits per heavy atom. The second-order valence-corrected chi connectivity index (χ2v) is 10.8. The molecule has 1 aliphatic rings. The fourth-order valence-electron chi connectivity index (χ4n) is 4.90. The molecule has 1 rings (SSSR count). The van der Waals surface area contributed by atoms with Crippen LogP contribution in [0.4, 0.5) is 0 Å². The van der Waals surface area contributed by atoms with Crippen molar-refractivity contribution >= 4 is 5.97 Å². The van der Waals surface area contributed by atoms with Gasteiger partial charge in [-0.3, -0.25) is 4.79 Å². The Kier molecular flexibility index (Phi) is 26.5. The summed E-state index contributed by atoms with van der Waals surface area (Å²) in [6.45, 7) is 2.68. The average molecular weight is 605 g/mol. The van der Waals surface area contributed by atoms with Gasteiger partial charge in [0.25, 0.3) is 0 Å². The molecule has 1 heterocycles. The fourth-order valence-corrected chi connectivity index (χ4v) is 4.90. The van der Waals surface area contributed by atoms with Crippen molar-refractivity contribution in [2.24, 2.45) is 0 Å². The molecule has 0 spiro atoms. The Balaban J connectivity index is 2.13. The van der Waals surface area contributed by atoms with Crippen LogP contribution in [0.3, 0.4) is 0 Å².